The van der Waals surface area contributed by atoms with Crippen molar-refractivity contribution >= 4 is 11.9 Å². The van der Waals surface area contributed by atoms with Gasteiger partial charge in [-0.25, -0.2) is 9.59 Å². The van der Waals surface area contributed by atoms with Gasteiger partial charge in [0.1, 0.15) is 13.2 Å². The Balaban J connectivity index is 1.70. The summed E-state index contributed by atoms with van der Waals surface area (Å²) in [5, 5.41) is 2.96. The lowest BCUT2D eigenvalue weighted by Crippen LogP contribution is -2.54. The molecule has 8 nitrogen and oxygen atoms in total. The van der Waals surface area contributed by atoms with E-state index >= 15 is 0 Å². The van der Waals surface area contributed by atoms with E-state index in [4.69, 9.17) is 23.7 Å². The molecule has 0 radical (unpaired) electrons. The lowest BCUT2D eigenvalue weighted by atomic mass is 10.2. The van der Waals surface area contributed by atoms with Gasteiger partial charge in [-0.2, -0.15) is 0 Å². The van der Waals surface area contributed by atoms with Crippen molar-refractivity contribution in [2.24, 2.45) is 0 Å². The minimum absolute atomic E-state index is 0.0300. The van der Waals surface area contributed by atoms with Crippen molar-refractivity contribution in [3.05, 3.63) is 35.9 Å². The number of esters is 2. The molecule has 1 saturated heterocycles. The van der Waals surface area contributed by atoms with Gasteiger partial charge in [0, 0.05) is 12.6 Å². The first-order valence-corrected chi connectivity index (χ1v) is 7.98. The van der Waals surface area contributed by atoms with Crippen molar-refractivity contribution in [2.75, 3.05) is 32.9 Å². The van der Waals surface area contributed by atoms with E-state index in [0.29, 0.717) is 24.7 Å². The van der Waals surface area contributed by atoms with Crippen LogP contribution in [0.5, 0.6) is 11.5 Å². The third kappa shape index (κ3) is 4.09. The molecule has 1 aromatic rings. The predicted octanol–water partition coefficient (Wildman–Crippen LogP) is 0.764. The normalized spacial score (nSPS) is 23.3. The zero-order chi connectivity index (χ0) is 17.7. The fraction of sp³-hybridized carbons (Fsp3) is 0.412. The molecule has 1 fully saturated rings. The molecule has 2 heterocycles. The molecule has 0 unspecified atom stereocenters. The van der Waals surface area contributed by atoms with Gasteiger partial charge in [-0.1, -0.05) is 12.1 Å². The van der Waals surface area contributed by atoms with Crippen molar-refractivity contribution in [1.82, 2.24) is 5.32 Å². The highest BCUT2D eigenvalue weighted by molar-refractivity contribution is 5.98. The van der Waals surface area contributed by atoms with Crippen LogP contribution in [0.1, 0.15) is 6.92 Å². The quantitative estimate of drug-likeness (QED) is 0.779. The van der Waals surface area contributed by atoms with E-state index in [1.165, 1.54) is 0 Å². The Morgan fingerprint density at radius 1 is 1.16 bits per heavy atom. The molecule has 0 bridgehead atoms. The minimum atomic E-state index is -1.73. The van der Waals surface area contributed by atoms with E-state index in [9.17, 15) is 9.59 Å². The van der Waals surface area contributed by atoms with Gasteiger partial charge in [0.05, 0.1) is 18.8 Å². The van der Waals surface area contributed by atoms with E-state index in [2.05, 4.69) is 5.32 Å². The SMILES string of the molecule is CCOc1ccccc1OCC1=CC(=O)O[C@@]2(CNCCO2)OC1=O. The Morgan fingerprint density at radius 3 is 2.60 bits per heavy atom. The summed E-state index contributed by atoms with van der Waals surface area (Å²) in [5.41, 5.74) is 0.0300. The van der Waals surface area contributed by atoms with Crippen molar-refractivity contribution < 1.29 is 33.3 Å². The summed E-state index contributed by atoms with van der Waals surface area (Å²) in [5.74, 6) is -2.18. The Labute approximate surface area is 144 Å². The van der Waals surface area contributed by atoms with Crippen LogP contribution in [0.3, 0.4) is 0 Å². The van der Waals surface area contributed by atoms with E-state index in [0.717, 1.165) is 6.08 Å². The molecule has 1 N–H and O–H groups in total. The molecule has 2 aliphatic heterocycles. The van der Waals surface area contributed by atoms with Gasteiger partial charge in [-0.15, -0.1) is 0 Å². The lowest BCUT2D eigenvalue weighted by molar-refractivity contribution is -0.345. The maximum absolute atomic E-state index is 12.3. The van der Waals surface area contributed by atoms with Crippen molar-refractivity contribution in [2.45, 2.75) is 12.9 Å². The molecule has 134 valence electrons. The average molecular weight is 349 g/mol. The lowest BCUT2D eigenvalue weighted by Gasteiger charge is -2.33. The van der Waals surface area contributed by atoms with E-state index < -0.39 is 17.9 Å². The Bertz CT molecular complexity index is 679. The monoisotopic (exact) mass is 349 g/mol. The molecule has 2 aliphatic rings. The van der Waals surface area contributed by atoms with Crippen LogP contribution in [0.15, 0.2) is 35.9 Å². The van der Waals surface area contributed by atoms with Gasteiger partial charge in [-0.05, 0) is 19.1 Å². The molecule has 1 spiro atoms. The molecule has 0 aliphatic carbocycles. The van der Waals surface area contributed by atoms with Crippen molar-refractivity contribution in [3.63, 3.8) is 0 Å². The Kier molecular flexibility index (Phi) is 5.20. The molecular formula is C17H19NO7. The second-order valence-electron chi connectivity index (χ2n) is 5.36. The molecule has 0 amide bonds. The number of benzene rings is 1. The topological polar surface area (TPSA) is 92.3 Å². The molecule has 25 heavy (non-hydrogen) atoms. The smallest absolute Gasteiger partial charge is 0.389 e. The van der Waals surface area contributed by atoms with E-state index in [-0.39, 0.29) is 25.3 Å². The van der Waals surface area contributed by atoms with Gasteiger partial charge >= 0.3 is 17.9 Å². The third-order valence-corrected chi connectivity index (χ3v) is 3.53. The van der Waals surface area contributed by atoms with Crippen LogP contribution in [0, 0.1) is 0 Å². The molecule has 0 saturated carbocycles. The van der Waals surface area contributed by atoms with Gasteiger partial charge in [-0.3, -0.25) is 0 Å². The molecule has 1 atom stereocenters. The number of hydrogen-bond donors (Lipinski definition) is 1. The van der Waals surface area contributed by atoms with Gasteiger partial charge in [0.25, 0.3) is 0 Å². The van der Waals surface area contributed by atoms with Crippen LogP contribution >= 0.6 is 0 Å². The van der Waals surface area contributed by atoms with Gasteiger partial charge in [0.2, 0.25) is 0 Å². The molecule has 3 rings (SSSR count). The highest BCUT2D eigenvalue weighted by atomic mass is 16.9. The summed E-state index contributed by atoms with van der Waals surface area (Å²) in [4.78, 5) is 24.3. The van der Waals surface area contributed by atoms with Crippen LogP contribution < -0.4 is 14.8 Å². The number of carbonyl (C=O) groups is 2. The van der Waals surface area contributed by atoms with Crippen LogP contribution in [0.2, 0.25) is 0 Å². The zero-order valence-electron chi connectivity index (χ0n) is 13.8. The summed E-state index contributed by atoms with van der Waals surface area (Å²) in [6.07, 6.45) is 1.05. The highest BCUT2D eigenvalue weighted by Gasteiger charge is 2.44. The fourth-order valence-corrected chi connectivity index (χ4v) is 2.41. The van der Waals surface area contributed by atoms with E-state index in [1.807, 2.05) is 13.0 Å². The second kappa shape index (κ2) is 7.54. The van der Waals surface area contributed by atoms with E-state index in [1.54, 1.807) is 18.2 Å². The number of ether oxygens (including phenoxy) is 5. The number of hydrogen-bond acceptors (Lipinski definition) is 8. The molecule has 8 heteroatoms. The Morgan fingerprint density at radius 2 is 1.92 bits per heavy atom. The highest BCUT2D eigenvalue weighted by Crippen LogP contribution is 2.28. The predicted molar refractivity (Wildman–Crippen MR) is 84.9 cm³/mol. The van der Waals surface area contributed by atoms with Gasteiger partial charge < -0.3 is 29.0 Å². The number of para-hydroxylation sites is 2. The first-order valence-electron chi connectivity index (χ1n) is 7.98. The minimum Gasteiger partial charge on any atom is -0.490 e. The number of carbonyl (C=O) groups excluding carboxylic acids is 2. The first kappa shape index (κ1) is 17.2. The summed E-state index contributed by atoms with van der Waals surface area (Å²) < 4.78 is 26.8. The molecule has 0 aromatic heterocycles. The first-order chi connectivity index (χ1) is 12.1. The summed E-state index contributed by atoms with van der Waals surface area (Å²) in [6.45, 7) is 3.07. The number of rotatable bonds is 5. The molecular weight excluding hydrogens is 330 g/mol. The third-order valence-electron chi connectivity index (χ3n) is 3.53. The summed E-state index contributed by atoms with van der Waals surface area (Å²) in [6, 6.07) is 7.05. The van der Waals surface area contributed by atoms with Crippen LogP contribution in [0.4, 0.5) is 0 Å². The van der Waals surface area contributed by atoms with Gasteiger partial charge in [0.15, 0.2) is 11.5 Å². The number of nitrogens with one attached hydrogen (secondary N) is 1. The maximum Gasteiger partial charge on any atom is 0.389 e. The number of morpholine rings is 1. The standard InChI is InChI=1S/C17H19NO7/c1-2-21-13-5-3-4-6-14(13)22-10-12-9-15(19)24-17(25-16(12)20)11-18-7-8-23-17/h3-6,9,18H,2,7-8,10-11H2,1H3/t17-/m0/s1. The zero-order valence-corrected chi connectivity index (χ0v) is 13.8. The van der Waals surface area contributed by atoms with Crippen molar-refractivity contribution in [1.29, 1.82) is 0 Å². The summed E-state index contributed by atoms with van der Waals surface area (Å²) in [7, 11) is 0. The second-order valence-corrected chi connectivity index (χ2v) is 5.36. The Hall–Kier alpha value is -2.58. The van der Waals surface area contributed by atoms with Crippen LogP contribution in [0.25, 0.3) is 0 Å². The van der Waals surface area contributed by atoms with Crippen LogP contribution in [-0.2, 0) is 23.8 Å². The van der Waals surface area contributed by atoms with Crippen LogP contribution in [-0.4, -0.2) is 50.8 Å². The largest absolute Gasteiger partial charge is 0.490 e. The van der Waals surface area contributed by atoms with Crippen molar-refractivity contribution in [3.8, 4) is 11.5 Å². The summed E-state index contributed by atoms with van der Waals surface area (Å²) >= 11 is 0. The fourth-order valence-electron chi connectivity index (χ4n) is 2.41. The average Bonchev–Trinajstić information content (AvgIpc) is 2.71. The molecule has 1 aromatic carbocycles. The maximum atomic E-state index is 12.3.